The normalized spacial score (nSPS) is 26.1. The lowest BCUT2D eigenvalue weighted by molar-refractivity contribution is -0.227. The first-order valence-electron chi connectivity index (χ1n) is 12.1. The molecule has 1 fully saturated rings. The fourth-order valence-electron chi connectivity index (χ4n) is 4.24. The van der Waals surface area contributed by atoms with Crippen molar-refractivity contribution in [2.45, 2.75) is 95.7 Å². The van der Waals surface area contributed by atoms with Crippen molar-refractivity contribution < 1.29 is 38.8 Å². The van der Waals surface area contributed by atoms with Gasteiger partial charge in [-0.2, -0.15) is 0 Å². The molecule has 0 aromatic carbocycles. The minimum absolute atomic E-state index is 0.0449. The number of halogens is 1. The van der Waals surface area contributed by atoms with Gasteiger partial charge in [-0.3, -0.25) is 9.59 Å². The number of aliphatic hydroxyl groups is 2. The largest absolute Gasteiger partial charge is 0.447 e. The zero-order valence-corrected chi connectivity index (χ0v) is 21.9. The van der Waals surface area contributed by atoms with Crippen molar-refractivity contribution in [3.05, 3.63) is 10.6 Å². The molecule has 0 radical (unpaired) electrons. The fraction of sp³-hybridized carbons (Fsp3) is 0.792. The molecule has 2 heterocycles. The monoisotopic (exact) mass is 547 g/mol. The van der Waals surface area contributed by atoms with E-state index in [4.69, 9.17) is 19.3 Å². The van der Waals surface area contributed by atoms with Gasteiger partial charge in [0.25, 0.3) is 5.91 Å². The van der Waals surface area contributed by atoms with Crippen LogP contribution >= 0.6 is 15.9 Å². The summed E-state index contributed by atoms with van der Waals surface area (Å²) in [7, 11) is 1.26. The van der Waals surface area contributed by atoms with Gasteiger partial charge in [0.15, 0.2) is 23.8 Å². The van der Waals surface area contributed by atoms with Crippen LogP contribution in [0.5, 0.6) is 0 Å². The number of cyclic esters (lactones) is 1. The average Bonchev–Trinajstić information content (AvgIpc) is 3.18. The van der Waals surface area contributed by atoms with Gasteiger partial charge in [-0.05, 0) is 40.8 Å². The highest BCUT2D eigenvalue weighted by Gasteiger charge is 2.50. The van der Waals surface area contributed by atoms with Crippen LogP contribution in [0.25, 0.3) is 0 Å². The maximum atomic E-state index is 13.2. The Morgan fingerprint density at radius 3 is 2.32 bits per heavy atom. The number of methoxy groups -OCH3 is 1. The van der Waals surface area contributed by atoms with Crippen LogP contribution in [0.2, 0.25) is 0 Å². The summed E-state index contributed by atoms with van der Waals surface area (Å²) in [5.41, 5.74) is 0. The number of hydrogen-bond acceptors (Lipinski definition) is 8. The molecular weight excluding hydrogens is 510 g/mol. The second kappa shape index (κ2) is 13.7. The Morgan fingerprint density at radius 1 is 1.18 bits per heavy atom. The molecule has 194 valence electrons. The number of aliphatic hydroxyl groups excluding tert-OH is 1. The van der Waals surface area contributed by atoms with Crippen LogP contribution in [0.15, 0.2) is 10.6 Å². The first-order valence-corrected chi connectivity index (χ1v) is 12.9. The first-order chi connectivity index (χ1) is 16.2. The van der Waals surface area contributed by atoms with Crippen molar-refractivity contribution in [1.29, 1.82) is 0 Å². The molecule has 1 saturated heterocycles. The number of unbranched alkanes of at least 4 members (excludes halogenated alkanes) is 7. The number of hydrogen-bond donors (Lipinski definition) is 2. The highest BCUT2D eigenvalue weighted by atomic mass is 79.9. The molecule has 0 aliphatic carbocycles. The molecular formula is C24H38BrNO8. The Bertz CT molecular complexity index is 742. The molecule has 0 unspecified atom stereocenters. The molecule has 0 aromatic rings. The Morgan fingerprint density at radius 2 is 1.76 bits per heavy atom. The van der Waals surface area contributed by atoms with Crippen LogP contribution in [0.3, 0.4) is 0 Å². The summed E-state index contributed by atoms with van der Waals surface area (Å²) < 4.78 is 16.3. The third-order valence-electron chi connectivity index (χ3n) is 6.35. The first kappa shape index (κ1) is 28.9. The Kier molecular flexibility index (Phi) is 11.6. The molecule has 9 nitrogen and oxygen atoms in total. The van der Waals surface area contributed by atoms with E-state index in [0.717, 1.165) is 49.8 Å². The zero-order valence-electron chi connectivity index (χ0n) is 20.3. The van der Waals surface area contributed by atoms with Gasteiger partial charge < -0.3 is 24.4 Å². The maximum absolute atomic E-state index is 13.2. The van der Waals surface area contributed by atoms with E-state index in [1.165, 1.54) is 13.2 Å². The molecule has 10 heteroatoms. The van der Waals surface area contributed by atoms with Crippen LogP contribution < -0.4 is 0 Å². The number of carbonyl (C=O) groups excluding carboxylic acids is 3. The van der Waals surface area contributed by atoms with E-state index >= 15 is 0 Å². The Labute approximate surface area is 209 Å². The molecule has 2 aliphatic heterocycles. The van der Waals surface area contributed by atoms with Crippen molar-refractivity contribution in [2.24, 2.45) is 5.92 Å². The molecule has 2 N–H and O–H groups in total. The number of carbonyl (C=O) groups is 3. The standard InChI is InChI=1S/C24H38BrNO8/c1-16(2)17-15-33-23(30)26(17)22(29)21(32-3)20-18(28)14-19(25)24(31,34-20)12-10-8-6-4-5-7-9-11-13-27/h14,16-17,20-21,27,31H,4-13,15H2,1-3H3/t17-,20-,21+,24-/m1/s1. The van der Waals surface area contributed by atoms with E-state index in [9.17, 15) is 19.5 Å². The van der Waals surface area contributed by atoms with Crippen LogP contribution in [0.4, 0.5) is 4.79 Å². The Balaban J connectivity index is 1.98. The molecule has 4 atom stereocenters. The van der Waals surface area contributed by atoms with Crippen LogP contribution in [0.1, 0.15) is 71.6 Å². The Hall–Kier alpha value is -1.33. The summed E-state index contributed by atoms with van der Waals surface area (Å²) in [5, 5.41) is 19.9. The molecule has 2 rings (SSSR count). The highest BCUT2D eigenvalue weighted by Crippen LogP contribution is 2.36. The number of ether oxygens (including phenoxy) is 3. The topological polar surface area (TPSA) is 123 Å². The van der Waals surface area contributed by atoms with Crippen LogP contribution in [-0.4, -0.2) is 77.3 Å². The van der Waals surface area contributed by atoms with Gasteiger partial charge in [0.05, 0.1) is 10.5 Å². The van der Waals surface area contributed by atoms with Gasteiger partial charge in [0.1, 0.15) is 6.61 Å². The summed E-state index contributed by atoms with van der Waals surface area (Å²) >= 11 is 3.24. The number of nitrogens with zero attached hydrogens (tertiary/aromatic N) is 1. The van der Waals surface area contributed by atoms with Crippen molar-refractivity contribution in [3.63, 3.8) is 0 Å². The number of amides is 2. The highest BCUT2D eigenvalue weighted by molar-refractivity contribution is 9.11. The van der Waals surface area contributed by atoms with E-state index in [1.807, 2.05) is 13.8 Å². The molecule has 2 aliphatic rings. The van der Waals surface area contributed by atoms with Crippen LogP contribution in [-0.2, 0) is 23.8 Å². The lowest BCUT2D eigenvalue weighted by atomic mass is 9.97. The molecule has 0 aromatic heterocycles. The van der Waals surface area contributed by atoms with Gasteiger partial charge in [-0.1, -0.05) is 52.4 Å². The number of ketones is 1. The average molecular weight is 548 g/mol. The number of rotatable bonds is 14. The van der Waals surface area contributed by atoms with Gasteiger partial charge in [0, 0.05) is 20.1 Å². The van der Waals surface area contributed by atoms with Crippen molar-refractivity contribution in [1.82, 2.24) is 4.90 Å². The zero-order chi connectivity index (χ0) is 25.3. The van der Waals surface area contributed by atoms with Crippen LogP contribution in [0, 0.1) is 5.92 Å². The smallest absolute Gasteiger partial charge is 0.417 e. The molecule has 0 saturated carbocycles. The van der Waals surface area contributed by atoms with Gasteiger partial charge in [0.2, 0.25) is 0 Å². The van der Waals surface area contributed by atoms with E-state index in [2.05, 4.69) is 15.9 Å². The molecule has 2 amide bonds. The maximum Gasteiger partial charge on any atom is 0.417 e. The van der Waals surface area contributed by atoms with Crippen molar-refractivity contribution in [3.8, 4) is 0 Å². The van der Waals surface area contributed by atoms with Gasteiger partial charge in [-0.25, -0.2) is 9.69 Å². The van der Waals surface area contributed by atoms with E-state index in [1.54, 1.807) is 0 Å². The second-order valence-electron chi connectivity index (χ2n) is 9.27. The van der Waals surface area contributed by atoms with Gasteiger partial charge >= 0.3 is 6.09 Å². The van der Waals surface area contributed by atoms with E-state index in [-0.39, 0.29) is 30.0 Å². The third kappa shape index (κ3) is 7.34. The lowest BCUT2D eigenvalue weighted by Gasteiger charge is -2.38. The summed E-state index contributed by atoms with van der Waals surface area (Å²) in [4.78, 5) is 39.1. The molecule has 0 bridgehead atoms. The quantitative estimate of drug-likeness (QED) is 0.317. The second-order valence-corrected chi connectivity index (χ2v) is 10.1. The summed E-state index contributed by atoms with van der Waals surface area (Å²) in [6.07, 6.45) is 5.59. The third-order valence-corrected chi connectivity index (χ3v) is 7.20. The van der Waals surface area contributed by atoms with Crippen molar-refractivity contribution in [2.75, 3.05) is 20.3 Å². The minimum Gasteiger partial charge on any atom is -0.447 e. The minimum atomic E-state index is -1.76. The predicted octanol–water partition coefficient (Wildman–Crippen LogP) is 3.44. The summed E-state index contributed by atoms with van der Waals surface area (Å²) in [6, 6.07) is -0.471. The summed E-state index contributed by atoms with van der Waals surface area (Å²) in [5.74, 6) is -3.07. The number of imide groups is 1. The lowest BCUT2D eigenvalue weighted by Crippen LogP contribution is -2.56. The summed E-state index contributed by atoms with van der Waals surface area (Å²) in [6.45, 7) is 4.05. The van der Waals surface area contributed by atoms with E-state index < -0.39 is 41.8 Å². The van der Waals surface area contributed by atoms with E-state index in [0.29, 0.717) is 6.42 Å². The SMILES string of the molecule is CO[C@H](C(=O)N1C(=O)OC[C@@H]1C(C)C)[C@@H]1O[C@](O)(CCCCCCCCCCO)C(Br)=CC1=O. The predicted molar refractivity (Wildman–Crippen MR) is 128 cm³/mol. The molecule has 34 heavy (non-hydrogen) atoms. The van der Waals surface area contributed by atoms with Gasteiger partial charge in [-0.15, -0.1) is 0 Å². The van der Waals surface area contributed by atoms with Crippen molar-refractivity contribution >= 4 is 33.7 Å². The molecule has 0 spiro atoms. The fourth-order valence-corrected chi connectivity index (χ4v) is 4.76.